The van der Waals surface area contributed by atoms with Gasteiger partial charge >= 0.3 is 12.1 Å². The number of hydroxylamine groups is 2. The molecule has 2 aromatic carbocycles. The summed E-state index contributed by atoms with van der Waals surface area (Å²) in [5.74, 6) is -4.92. The van der Waals surface area contributed by atoms with E-state index in [0.29, 0.717) is 9.86 Å². The molecule has 9 heteroatoms. The average Bonchev–Trinajstić information content (AvgIpc) is 2.49. The summed E-state index contributed by atoms with van der Waals surface area (Å²) in [5.41, 5.74) is -0.0678. The Bertz CT molecular complexity index is 856. The van der Waals surface area contributed by atoms with E-state index in [1.54, 1.807) is 6.07 Å². The summed E-state index contributed by atoms with van der Waals surface area (Å²) < 4.78 is 37.5. The fourth-order valence-corrected chi connectivity index (χ4v) is 2.72. The van der Waals surface area contributed by atoms with Crippen LogP contribution >= 0.6 is 15.9 Å². The van der Waals surface area contributed by atoms with Gasteiger partial charge in [0.15, 0.2) is 0 Å². The predicted octanol–water partition coefficient (Wildman–Crippen LogP) is 3.22. The number of hydrogen-bond acceptors (Lipinski definition) is 4. The summed E-state index contributed by atoms with van der Waals surface area (Å²) in [5, 5.41) is 0.667. The van der Waals surface area contributed by atoms with Crippen molar-refractivity contribution in [2.75, 3.05) is 0 Å². The van der Waals surface area contributed by atoms with Gasteiger partial charge in [-0.25, -0.2) is 4.79 Å². The molecule has 118 valence electrons. The molecule has 0 fully saturated rings. The topological polar surface area (TPSA) is 63.7 Å². The van der Waals surface area contributed by atoms with Crippen molar-refractivity contribution in [3.63, 3.8) is 0 Å². The van der Waals surface area contributed by atoms with Crippen molar-refractivity contribution in [1.82, 2.24) is 5.06 Å². The lowest BCUT2D eigenvalue weighted by Gasteiger charge is -2.25. The van der Waals surface area contributed by atoms with Crippen LogP contribution in [-0.4, -0.2) is 29.0 Å². The lowest BCUT2D eigenvalue weighted by Crippen LogP contribution is -2.44. The van der Waals surface area contributed by atoms with E-state index in [1.807, 2.05) is 0 Å². The van der Waals surface area contributed by atoms with E-state index >= 15 is 0 Å². The maximum atomic E-state index is 12.3. The molecule has 0 saturated heterocycles. The molecule has 1 heterocycles. The minimum absolute atomic E-state index is 0.0339. The van der Waals surface area contributed by atoms with E-state index in [2.05, 4.69) is 20.8 Å². The van der Waals surface area contributed by atoms with Crippen molar-refractivity contribution in [1.29, 1.82) is 0 Å². The van der Waals surface area contributed by atoms with E-state index in [9.17, 15) is 27.6 Å². The Morgan fingerprint density at radius 1 is 1.04 bits per heavy atom. The van der Waals surface area contributed by atoms with E-state index < -0.39 is 24.0 Å². The van der Waals surface area contributed by atoms with Gasteiger partial charge in [0.05, 0.1) is 11.1 Å². The van der Waals surface area contributed by atoms with Crippen LogP contribution in [0, 0.1) is 0 Å². The van der Waals surface area contributed by atoms with E-state index in [0.717, 1.165) is 0 Å². The van der Waals surface area contributed by atoms with Gasteiger partial charge in [0.25, 0.3) is 11.8 Å². The van der Waals surface area contributed by atoms with Gasteiger partial charge in [-0.05, 0) is 23.6 Å². The van der Waals surface area contributed by atoms with Crippen LogP contribution in [0.2, 0.25) is 0 Å². The van der Waals surface area contributed by atoms with Crippen LogP contribution in [0.3, 0.4) is 0 Å². The number of benzene rings is 2. The Balaban J connectivity index is 2.14. The Morgan fingerprint density at radius 2 is 1.65 bits per heavy atom. The number of halogens is 4. The van der Waals surface area contributed by atoms with Gasteiger partial charge < -0.3 is 4.84 Å². The maximum absolute atomic E-state index is 12.3. The van der Waals surface area contributed by atoms with E-state index in [1.165, 1.54) is 24.3 Å². The second kappa shape index (κ2) is 5.05. The van der Waals surface area contributed by atoms with Gasteiger partial charge in [-0.3, -0.25) is 9.59 Å². The number of carbonyl (C=O) groups excluding carboxylic acids is 3. The van der Waals surface area contributed by atoms with Crippen LogP contribution in [0.5, 0.6) is 0 Å². The standard InChI is InChI=1S/C14H5BrF3NO4/c15-9-5-4-8-10-6(9)2-1-3-7(10)11(20)19(12(8)21)23-13(22)14(16,17)18/h1-5H. The lowest BCUT2D eigenvalue weighted by atomic mass is 9.95. The van der Waals surface area contributed by atoms with Gasteiger partial charge in [-0.15, -0.1) is 0 Å². The van der Waals surface area contributed by atoms with E-state index in [4.69, 9.17) is 0 Å². The number of alkyl halides is 3. The molecule has 3 rings (SSSR count). The molecule has 0 atom stereocenters. The molecule has 5 nitrogen and oxygen atoms in total. The zero-order valence-electron chi connectivity index (χ0n) is 11.0. The first-order valence-electron chi connectivity index (χ1n) is 6.11. The quantitative estimate of drug-likeness (QED) is 0.704. The molecule has 1 aliphatic rings. The highest BCUT2D eigenvalue weighted by Gasteiger charge is 2.46. The van der Waals surface area contributed by atoms with Crippen LogP contribution < -0.4 is 0 Å². The second-order valence-corrected chi connectivity index (χ2v) is 5.46. The minimum atomic E-state index is -5.33. The number of rotatable bonds is 1. The van der Waals surface area contributed by atoms with E-state index in [-0.39, 0.29) is 21.6 Å². The second-order valence-electron chi connectivity index (χ2n) is 4.60. The van der Waals surface area contributed by atoms with Crippen molar-refractivity contribution in [3.8, 4) is 0 Å². The van der Waals surface area contributed by atoms with Crippen LogP contribution in [0.4, 0.5) is 13.2 Å². The molecule has 1 aliphatic heterocycles. The highest BCUT2D eigenvalue weighted by molar-refractivity contribution is 9.10. The highest BCUT2D eigenvalue weighted by Crippen LogP contribution is 2.34. The molecule has 0 N–H and O–H groups in total. The van der Waals surface area contributed by atoms with Gasteiger partial charge in [0, 0.05) is 9.86 Å². The lowest BCUT2D eigenvalue weighted by molar-refractivity contribution is -0.221. The highest BCUT2D eigenvalue weighted by atomic mass is 79.9. The molecule has 0 bridgehead atoms. The molecular weight excluding hydrogens is 383 g/mol. The monoisotopic (exact) mass is 387 g/mol. The molecule has 2 aromatic rings. The van der Waals surface area contributed by atoms with Crippen LogP contribution in [0.25, 0.3) is 10.8 Å². The predicted molar refractivity (Wildman–Crippen MR) is 74.3 cm³/mol. The van der Waals surface area contributed by atoms with Crippen molar-refractivity contribution in [2.24, 2.45) is 0 Å². The average molecular weight is 388 g/mol. The Hall–Kier alpha value is -2.42. The summed E-state index contributed by atoms with van der Waals surface area (Å²) >= 11 is 3.27. The number of nitrogens with zero attached hydrogens (tertiary/aromatic N) is 1. The normalized spacial score (nSPS) is 14.3. The van der Waals surface area contributed by atoms with Crippen molar-refractivity contribution in [3.05, 3.63) is 45.9 Å². The molecule has 0 aliphatic carbocycles. The van der Waals surface area contributed by atoms with Crippen molar-refractivity contribution < 1.29 is 32.4 Å². The largest absolute Gasteiger partial charge is 0.493 e. The minimum Gasteiger partial charge on any atom is -0.321 e. The number of carbonyl (C=O) groups is 3. The number of hydrogen-bond donors (Lipinski definition) is 0. The van der Waals surface area contributed by atoms with Crippen molar-refractivity contribution >= 4 is 44.5 Å². The third-order valence-corrected chi connectivity index (χ3v) is 3.91. The first-order valence-corrected chi connectivity index (χ1v) is 6.90. The molecular formula is C14H5BrF3NO4. The van der Waals surface area contributed by atoms with Crippen molar-refractivity contribution in [2.45, 2.75) is 6.18 Å². The van der Waals surface area contributed by atoms with Gasteiger partial charge in [-0.1, -0.05) is 33.1 Å². The fraction of sp³-hybridized carbons (Fsp3) is 0.0714. The molecule has 0 saturated carbocycles. The summed E-state index contributed by atoms with van der Waals surface area (Å²) in [4.78, 5) is 39.4. The molecule has 0 aromatic heterocycles. The molecule has 2 amide bonds. The maximum Gasteiger partial charge on any atom is 0.493 e. The SMILES string of the molecule is O=C1c2cccc3c(Br)ccc(c23)C(=O)N1OC(=O)C(F)(F)F. The smallest absolute Gasteiger partial charge is 0.321 e. The Kier molecular flexibility index (Phi) is 3.40. The summed E-state index contributed by atoms with van der Waals surface area (Å²) in [7, 11) is 0. The van der Waals surface area contributed by atoms with Crippen LogP contribution in [0.15, 0.2) is 34.8 Å². The first-order chi connectivity index (χ1) is 10.7. The van der Waals surface area contributed by atoms with Crippen LogP contribution in [0.1, 0.15) is 20.7 Å². The first kappa shape index (κ1) is 15.5. The summed E-state index contributed by atoms with van der Waals surface area (Å²) in [6.45, 7) is 0. The Morgan fingerprint density at radius 3 is 2.26 bits per heavy atom. The molecule has 0 spiro atoms. The number of amides is 2. The van der Waals surface area contributed by atoms with Crippen LogP contribution in [-0.2, 0) is 9.63 Å². The zero-order valence-corrected chi connectivity index (χ0v) is 12.6. The van der Waals surface area contributed by atoms with Gasteiger partial charge in [0.2, 0.25) is 0 Å². The zero-order chi connectivity index (χ0) is 16.9. The molecule has 23 heavy (non-hydrogen) atoms. The summed E-state index contributed by atoms with van der Waals surface area (Å²) in [6, 6.07) is 7.33. The molecule has 0 radical (unpaired) electrons. The molecule has 0 unspecified atom stereocenters. The summed E-state index contributed by atoms with van der Waals surface area (Å²) in [6.07, 6.45) is -5.33. The fourth-order valence-electron chi connectivity index (χ4n) is 2.26. The third-order valence-electron chi connectivity index (χ3n) is 3.22. The number of imide groups is 1. The van der Waals surface area contributed by atoms with Gasteiger partial charge in [0.1, 0.15) is 0 Å². The Labute approximate surface area is 134 Å². The van der Waals surface area contributed by atoms with Gasteiger partial charge in [-0.2, -0.15) is 13.2 Å². The third kappa shape index (κ3) is 2.37.